The van der Waals surface area contributed by atoms with Gasteiger partial charge in [-0.05, 0) is 37.8 Å². The summed E-state index contributed by atoms with van der Waals surface area (Å²) < 4.78 is 36.2. The second-order valence-electron chi connectivity index (χ2n) is 8.07. The topological polar surface area (TPSA) is 106 Å². The van der Waals surface area contributed by atoms with Gasteiger partial charge in [-0.15, -0.1) is 5.10 Å². The van der Waals surface area contributed by atoms with Gasteiger partial charge in [-0.25, -0.2) is 13.1 Å². The Hall–Kier alpha value is -2.59. The number of hydrogen-bond acceptors (Lipinski definition) is 6. The molecule has 170 valence electrons. The Morgan fingerprint density at radius 1 is 1.12 bits per heavy atom. The molecule has 0 bridgehead atoms. The lowest BCUT2D eigenvalue weighted by atomic mass is 9.98. The molecule has 0 saturated carbocycles. The number of aromatic nitrogens is 3. The highest BCUT2D eigenvalue weighted by atomic mass is 32.2. The van der Waals surface area contributed by atoms with Gasteiger partial charge in [0.1, 0.15) is 5.69 Å². The molecule has 1 aliphatic heterocycles. The predicted octanol–water partition coefficient (Wildman–Crippen LogP) is 2.53. The van der Waals surface area contributed by atoms with Gasteiger partial charge in [-0.3, -0.25) is 4.68 Å². The Kier molecular flexibility index (Phi) is 7.00. The van der Waals surface area contributed by atoms with Gasteiger partial charge in [0.25, 0.3) is 0 Å². The van der Waals surface area contributed by atoms with Crippen LogP contribution in [0.15, 0.2) is 65.7 Å². The fourth-order valence-electron chi connectivity index (χ4n) is 4.02. The van der Waals surface area contributed by atoms with E-state index in [1.165, 1.54) is 0 Å². The zero-order valence-corrected chi connectivity index (χ0v) is 18.8. The molecular formula is C23H28N4O4S. The van der Waals surface area contributed by atoms with E-state index in [-0.39, 0.29) is 17.6 Å². The van der Waals surface area contributed by atoms with Crippen molar-refractivity contribution in [2.24, 2.45) is 0 Å². The zero-order chi connectivity index (χ0) is 22.6. The van der Waals surface area contributed by atoms with E-state index >= 15 is 0 Å². The summed E-state index contributed by atoms with van der Waals surface area (Å²) in [5, 5.41) is 18.2. The number of rotatable bonds is 8. The number of nitrogens with zero attached hydrogens (tertiary/aromatic N) is 3. The van der Waals surface area contributed by atoms with E-state index in [1.54, 1.807) is 35.9 Å². The Bertz CT molecular complexity index is 1130. The number of aryl methyl sites for hydroxylation is 2. The van der Waals surface area contributed by atoms with Gasteiger partial charge in [0.15, 0.2) is 0 Å². The van der Waals surface area contributed by atoms with Gasteiger partial charge in [0.05, 0.1) is 35.9 Å². The van der Waals surface area contributed by atoms with Crippen molar-refractivity contribution >= 4 is 10.0 Å². The molecule has 0 aliphatic carbocycles. The Balaban J connectivity index is 1.34. The van der Waals surface area contributed by atoms with Crippen molar-refractivity contribution in [2.75, 3.05) is 6.61 Å². The van der Waals surface area contributed by atoms with E-state index in [1.807, 2.05) is 36.5 Å². The third-order valence-corrected chi connectivity index (χ3v) is 7.42. The fourth-order valence-corrected chi connectivity index (χ4v) is 5.57. The Morgan fingerprint density at radius 3 is 2.62 bits per heavy atom. The largest absolute Gasteiger partial charge is 0.394 e. The molecule has 2 N–H and O–H groups in total. The summed E-state index contributed by atoms with van der Waals surface area (Å²) in [6.45, 7) is 2.14. The number of sulfonamides is 1. The van der Waals surface area contributed by atoms with Gasteiger partial charge in [-0.2, -0.15) is 0 Å². The van der Waals surface area contributed by atoms with Crippen LogP contribution in [0.25, 0.3) is 11.3 Å². The molecule has 0 unspecified atom stereocenters. The molecule has 1 aromatic heterocycles. The maximum absolute atomic E-state index is 12.8. The molecule has 1 aliphatic rings. The SMILES string of the molecule is Cc1ccccc1S(=O)(=O)N[C@@H]1CC[C@H](CCn2cc(-c3ccccc3)nn2)O[C@@H]1CO. The summed E-state index contributed by atoms with van der Waals surface area (Å²) in [6, 6.07) is 16.2. The first-order valence-corrected chi connectivity index (χ1v) is 12.2. The van der Waals surface area contributed by atoms with Crippen LogP contribution in [0.1, 0.15) is 24.8 Å². The first-order valence-electron chi connectivity index (χ1n) is 10.8. The minimum Gasteiger partial charge on any atom is -0.394 e. The molecule has 8 nitrogen and oxygen atoms in total. The maximum Gasteiger partial charge on any atom is 0.241 e. The highest BCUT2D eigenvalue weighted by Crippen LogP contribution is 2.25. The molecule has 0 radical (unpaired) electrons. The zero-order valence-electron chi connectivity index (χ0n) is 18.0. The molecule has 2 aromatic carbocycles. The smallest absolute Gasteiger partial charge is 0.241 e. The van der Waals surface area contributed by atoms with E-state index in [0.717, 1.165) is 11.3 Å². The molecule has 0 amide bonds. The quantitative estimate of drug-likeness (QED) is 0.540. The molecule has 1 saturated heterocycles. The van der Waals surface area contributed by atoms with Crippen LogP contribution in [0.5, 0.6) is 0 Å². The maximum atomic E-state index is 12.8. The highest BCUT2D eigenvalue weighted by Gasteiger charge is 2.34. The van der Waals surface area contributed by atoms with Crippen LogP contribution in [0.4, 0.5) is 0 Å². The van der Waals surface area contributed by atoms with Crippen LogP contribution in [0.2, 0.25) is 0 Å². The fraction of sp³-hybridized carbons (Fsp3) is 0.391. The number of benzene rings is 2. The second-order valence-corrected chi connectivity index (χ2v) is 9.75. The van der Waals surface area contributed by atoms with Gasteiger partial charge >= 0.3 is 0 Å². The highest BCUT2D eigenvalue weighted by molar-refractivity contribution is 7.89. The van der Waals surface area contributed by atoms with Gasteiger partial charge < -0.3 is 9.84 Å². The number of aliphatic hydroxyl groups excluding tert-OH is 1. The minimum absolute atomic E-state index is 0.0873. The summed E-state index contributed by atoms with van der Waals surface area (Å²) in [5.41, 5.74) is 2.50. The lowest BCUT2D eigenvalue weighted by molar-refractivity contribution is -0.0891. The summed E-state index contributed by atoms with van der Waals surface area (Å²) in [4.78, 5) is 0.249. The van der Waals surface area contributed by atoms with E-state index in [9.17, 15) is 13.5 Å². The van der Waals surface area contributed by atoms with Crippen molar-refractivity contribution in [3.05, 3.63) is 66.4 Å². The predicted molar refractivity (Wildman–Crippen MR) is 120 cm³/mol. The van der Waals surface area contributed by atoms with Crippen molar-refractivity contribution in [2.45, 2.75) is 55.9 Å². The van der Waals surface area contributed by atoms with Crippen LogP contribution in [-0.4, -0.2) is 53.4 Å². The molecule has 1 fully saturated rings. The molecule has 9 heteroatoms. The number of hydrogen-bond donors (Lipinski definition) is 2. The lowest BCUT2D eigenvalue weighted by Gasteiger charge is -2.36. The summed E-state index contributed by atoms with van der Waals surface area (Å²) in [5.74, 6) is 0. The van der Waals surface area contributed by atoms with Gasteiger partial charge in [-0.1, -0.05) is 53.7 Å². The van der Waals surface area contributed by atoms with Crippen molar-refractivity contribution < 1.29 is 18.3 Å². The molecule has 3 atom stereocenters. The molecule has 32 heavy (non-hydrogen) atoms. The first kappa shape index (κ1) is 22.6. The average molecular weight is 457 g/mol. The standard InChI is InChI=1S/C23H28N4O4S/c1-17-7-5-6-10-23(17)32(29,30)25-20-12-11-19(31-22(20)16-28)13-14-27-15-21(24-26-27)18-8-3-2-4-9-18/h2-10,15,19-20,22,25,28H,11-14,16H2,1H3/t19-,20-,22-/m1/s1. The van der Waals surface area contributed by atoms with Crippen LogP contribution >= 0.6 is 0 Å². The molecule has 3 aromatic rings. The van der Waals surface area contributed by atoms with Crippen molar-refractivity contribution in [3.8, 4) is 11.3 Å². The van der Waals surface area contributed by atoms with E-state index in [2.05, 4.69) is 15.0 Å². The summed E-state index contributed by atoms with van der Waals surface area (Å²) in [6.07, 6.45) is 3.20. The van der Waals surface area contributed by atoms with E-state index in [4.69, 9.17) is 4.74 Å². The van der Waals surface area contributed by atoms with Crippen LogP contribution in [0.3, 0.4) is 0 Å². The summed E-state index contributed by atoms with van der Waals surface area (Å²) in [7, 11) is -3.69. The molecule has 4 rings (SSSR count). The average Bonchev–Trinajstić information content (AvgIpc) is 3.28. The third kappa shape index (κ3) is 5.24. The van der Waals surface area contributed by atoms with Gasteiger partial charge in [0.2, 0.25) is 10.0 Å². The van der Waals surface area contributed by atoms with Crippen molar-refractivity contribution in [3.63, 3.8) is 0 Å². The second kappa shape index (κ2) is 9.91. The normalized spacial score (nSPS) is 21.5. The Morgan fingerprint density at radius 2 is 1.88 bits per heavy atom. The van der Waals surface area contributed by atoms with Crippen molar-refractivity contribution in [1.82, 2.24) is 19.7 Å². The number of aliphatic hydroxyl groups is 1. The molecular weight excluding hydrogens is 428 g/mol. The lowest BCUT2D eigenvalue weighted by Crippen LogP contribution is -2.51. The first-order chi connectivity index (χ1) is 15.5. The van der Waals surface area contributed by atoms with E-state index < -0.39 is 22.2 Å². The van der Waals surface area contributed by atoms with E-state index in [0.29, 0.717) is 31.4 Å². The Labute approximate surface area is 188 Å². The van der Waals surface area contributed by atoms with Crippen LogP contribution in [0, 0.1) is 6.92 Å². The van der Waals surface area contributed by atoms with Crippen LogP contribution < -0.4 is 4.72 Å². The monoisotopic (exact) mass is 456 g/mol. The number of ether oxygens (including phenoxy) is 1. The van der Waals surface area contributed by atoms with Crippen LogP contribution in [-0.2, 0) is 21.3 Å². The third-order valence-electron chi connectivity index (χ3n) is 5.77. The minimum atomic E-state index is -3.69. The number of nitrogens with one attached hydrogen (secondary N) is 1. The van der Waals surface area contributed by atoms with Gasteiger partial charge in [0, 0.05) is 12.1 Å². The molecule has 0 spiro atoms. The molecule has 2 heterocycles. The van der Waals surface area contributed by atoms with Crippen molar-refractivity contribution in [1.29, 1.82) is 0 Å². The summed E-state index contributed by atoms with van der Waals surface area (Å²) >= 11 is 0.